The number of hydrogen-bond donors (Lipinski definition) is 4. The number of nitrogens with one attached hydrogen (secondary N) is 3. The van der Waals surface area contributed by atoms with Crippen LogP contribution in [0, 0.1) is 11.6 Å². The fourth-order valence-corrected chi connectivity index (χ4v) is 6.13. The lowest BCUT2D eigenvalue weighted by Gasteiger charge is -2.25. The van der Waals surface area contributed by atoms with Crippen LogP contribution in [0.4, 0.5) is 14.5 Å². The lowest BCUT2D eigenvalue weighted by atomic mass is 10.00. The molecular weight excluding hydrogens is 570 g/mol. The average Bonchev–Trinajstić information content (AvgIpc) is 3.49. The zero-order valence-corrected chi connectivity index (χ0v) is 23.8. The Kier molecular flexibility index (Phi) is 10.2. The van der Waals surface area contributed by atoms with Crippen molar-refractivity contribution < 1.29 is 27.1 Å². The lowest BCUT2D eigenvalue weighted by Crippen LogP contribution is -2.48. The first-order valence-corrected chi connectivity index (χ1v) is 15.2. The smallest absolute Gasteiger partial charge is 0.289 e. The van der Waals surface area contributed by atoms with Gasteiger partial charge in [0.1, 0.15) is 11.6 Å². The number of aliphatic hydroxyl groups excluding tert-OH is 1. The van der Waals surface area contributed by atoms with Crippen molar-refractivity contribution in [1.29, 1.82) is 0 Å². The second kappa shape index (κ2) is 13.8. The van der Waals surface area contributed by atoms with Gasteiger partial charge in [0.15, 0.2) is 0 Å². The molecule has 3 aromatic carbocycles. The van der Waals surface area contributed by atoms with Gasteiger partial charge in [-0.05, 0) is 59.9 Å². The Labute approximate surface area is 241 Å². The zero-order chi connectivity index (χ0) is 29.4. The molecule has 1 amide bonds. The quantitative estimate of drug-likeness (QED) is 0.182. The maximum absolute atomic E-state index is 13.9. The van der Waals surface area contributed by atoms with Crippen molar-refractivity contribution in [3.05, 3.63) is 112 Å². The molecule has 0 aliphatic carbocycles. The van der Waals surface area contributed by atoms with Crippen LogP contribution in [0.2, 0.25) is 0 Å². The number of sulfonamides is 1. The normalized spacial score (nSPS) is 13.0. The minimum atomic E-state index is -3.93. The summed E-state index contributed by atoms with van der Waals surface area (Å²) in [5, 5.41) is 18.5. The number of carbonyl (C=O) groups is 1. The van der Waals surface area contributed by atoms with Gasteiger partial charge in [0.05, 0.1) is 12.1 Å². The number of aromatic nitrogens is 1. The third-order valence-electron chi connectivity index (χ3n) is 6.26. The van der Waals surface area contributed by atoms with Gasteiger partial charge in [0.2, 0.25) is 4.34 Å². The summed E-state index contributed by atoms with van der Waals surface area (Å²) >= 11 is 0.953. The SMILES string of the molecule is CCc1cccc(CNC[C@@H](O)[C@H](Cc2cc(F)cc(F)c2)NC(=O)c2cccc(NS(=O)(=O)c3nccs3)c2)c1. The molecule has 0 spiro atoms. The van der Waals surface area contributed by atoms with Crippen molar-refractivity contribution >= 4 is 33.0 Å². The van der Waals surface area contributed by atoms with Gasteiger partial charge in [0, 0.05) is 42.0 Å². The van der Waals surface area contributed by atoms with Crippen molar-refractivity contribution in [2.75, 3.05) is 11.3 Å². The van der Waals surface area contributed by atoms with Crippen LogP contribution in [-0.2, 0) is 29.4 Å². The second-order valence-electron chi connectivity index (χ2n) is 9.42. The number of hydrogen-bond acceptors (Lipinski definition) is 7. The van der Waals surface area contributed by atoms with Crippen LogP contribution in [0.5, 0.6) is 0 Å². The number of nitrogens with zero attached hydrogens (tertiary/aromatic N) is 1. The Balaban J connectivity index is 1.48. The molecule has 0 aliphatic rings. The maximum atomic E-state index is 13.9. The monoisotopic (exact) mass is 600 g/mol. The number of amides is 1. The molecule has 2 atom stereocenters. The van der Waals surface area contributed by atoms with Gasteiger partial charge in [-0.1, -0.05) is 37.3 Å². The van der Waals surface area contributed by atoms with Crippen LogP contribution in [0.15, 0.2) is 82.6 Å². The van der Waals surface area contributed by atoms with Gasteiger partial charge < -0.3 is 15.7 Å². The average molecular weight is 601 g/mol. The van der Waals surface area contributed by atoms with Gasteiger partial charge in [-0.15, -0.1) is 11.3 Å². The fraction of sp³-hybridized carbons (Fsp3) is 0.241. The first-order valence-electron chi connectivity index (χ1n) is 12.9. The van der Waals surface area contributed by atoms with Gasteiger partial charge in [0.25, 0.3) is 15.9 Å². The highest BCUT2D eigenvalue weighted by Crippen LogP contribution is 2.19. The van der Waals surface area contributed by atoms with Crippen LogP contribution in [-0.4, -0.2) is 43.1 Å². The van der Waals surface area contributed by atoms with E-state index < -0.39 is 39.7 Å². The summed E-state index contributed by atoms with van der Waals surface area (Å²) in [5.41, 5.74) is 2.73. The lowest BCUT2D eigenvalue weighted by molar-refractivity contribution is 0.0830. The highest BCUT2D eigenvalue weighted by molar-refractivity contribution is 7.94. The Morgan fingerprint density at radius 3 is 2.44 bits per heavy atom. The molecule has 1 heterocycles. The number of thiazole rings is 1. The van der Waals surface area contributed by atoms with Crippen molar-refractivity contribution in [1.82, 2.24) is 15.6 Å². The summed E-state index contributed by atoms with van der Waals surface area (Å²) in [6, 6.07) is 16.0. The summed E-state index contributed by atoms with van der Waals surface area (Å²) in [4.78, 5) is 17.0. The minimum absolute atomic E-state index is 0.0506. The van der Waals surface area contributed by atoms with Crippen LogP contribution < -0.4 is 15.4 Å². The first-order chi connectivity index (χ1) is 19.6. The van der Waals surface area contributed by atoms with Crippen molar-refractivity contribution in [3.8, 4) is 0 Å². The Hall–Kier alpha value is -3.71. The topological polar surface area (TPSA) is 120 Å². The van der Waals surface area contributed by atoms with Gasteiger partial charge in [-0.2, -0.15) is 8.42 Å². The van der Waals surface area contributed by atoms with Crippen molar-refractivity contribution in [2.24, 2.45) is 0 Å². The highest BCUT2D eigenvalue weighted by Gasteiger charge is 2.24. The molecule has 0 aliphatic heterocycles. The van der Waals surface area contributed by atoms with Crippen LogP contribution in [0.1, 0.15) is 34.0 Å². The van der Waals surface area contributed by atoms with Crippen LogP contribution >= 0.6 is 11.3 Å². The van der Waals surface area contributed by atoms with E-state index in [1.165, 1.54) is 41.4 Å². The molecule has 8 nitrogen and oxygen atoms in total. The first kappa shape index (κ1) is 30.3. The highest BCUT2D eigenvalue weighted by atomic mass is 32.2. The minimum Gasteiger partial charge on any atom is -0.390 e. The molecule has 4 aromatic rings. The number of carbonyl (C=O) groups excluding carboxylic acids is 1. The van der Waals surface area contributed by atoms with E-state index in [0.29, 0.717) is 6.54 Å². The van der Waals surface area contributed by atoms with E-state index in [9.17, 15) is 27.1 Å². The number of benzene rings is 3. The van der Waals surface area contributed by atoms with E-state index in [4.69, 9.17) is 0 Å². The number of halogens is 2. The summed E-state index contributed by atoms with van der Waals surface area (Å²) < 4.78 is 55.1. The summed E-state index contributed by atoms with van der Waals surface area (Å²) in [7, 11) is -3.93. The molecule has 216 valence electrons. The number of aryl methyl sites for hydroxylation is 1. The molecule has 0 radical (unpaired) electrons. The van der Waals surface area contributed by atoms with E-state index in [0.717, 1.165) is 41.5 Å². The standard InChI is InChI=1S/C29H30F2N4O4S2/c1-2-19-5-3-6-20(11-19)17-32-18-27(36)26(14-21-12-23(30)16-24(31)13-21)34-28(37)22-7-4-8-25(15-22)35-41(38,39)29-33-9-10-40-29/h3-13,15-16,26-27,32,35-36H,2,14,17-18H2,1H3,(H,34,37)/t26-,27+/m0/s1. The Morgan fingerprint density at radius 1 is 1.00 bits per heavy atom. The third kappa shape index (κ3) is 8.64. The largest absolute Gasteiger partial charge is 0.390 e. The zero-order valence-electron chi connectivity index (χ0n) is 22.2. The summed E-state index contributed by atoms with van der Waals surface area (Å²) in [6.07, 6.45) is 1.09. The third-order valence-corrected chi connectivity index (χ3v) is 8.84. The van der Waals surface area contributed by atoms with E-state index in [-0.39, 0.29) is 34.1 Å². The molecule has 4 N–H and O–H groups in total. The predicted octanol–water partition coefficient (Wildman–Crippen LogP) is 4.28. The Bertz CT molecular complexity index is 1560. The fourth-order valence-electron chi connectivity index (χ4n) is 4.25. The molecule has 0 saturated heterocycles. The van der Waals surface area contributed by atoms with Crippen LogP contribution in [0.25, 0.3) is 0 Å². The molecular formula is C29H30F2N4O4S2. The summed E-state index contributed by atoms with van der Waals surface area (Å²) in [6.45, 7) is 2.62. The van der Waals surface area contributed by atoms with E-state index in [1.54, 1.807) is 0 Å². The number of rotatable bonds is 13. The molecule has 12 heteroatoms. The Morgan fingerprint density at radius 2 is 1.73 bits per heavy atom. The van der Waals surface area contributed by atoms with Gasteiger partial charge >= 0.3 is 0 Å². The number of aliphatic hydroxyl groups is 1. The van der Waals surface area contributed by atoms with Gasteiger partial charge in [-0.25, -0.2) is 13.8 Å². The second-order valence-corrected chi connectivity index (χ2v) is 12.2. The van der Waals surface area contributed by atoms with Crippen molar-refractivity contribution in [2.45, 2.75) is 42.8 Å². The summed E-state index contributed by atoms with van der Waals surface area (Å²) in [5.74, 6) is -2.14. The molecule has 1 aromatic heterocycles. The number of anilines is 1. The van der Waals surface area contributed by atoms with Crippen molar-refractivity contribution in [3.63, 3.8) is 0 Å². The molecule has 0 unspecified atom stereocenters. The maximum Gasteiger partial charge on any atom is 0.289 e. The molecule has 0 saturated carbocycles. The molecule has 0 bridgehead atoms. The van der Waals surface area contributed by atoms with E-state index in [2.05, 4.69) is 33.3 Å². The molecule has 4 rings (SSSR count). The van der Waals surface area contributed by atoms with E-state index >= 15 is 0 Å². The predicted molar refractivity (Wildman–Crippen MR) is 154 cm³/mol. The van der Waals surface area contributed by atoms with Crippen LogP contribution in [0.3, 0.4) is 0 Å². The molecule has 0 fully saturated rings. The molecule has 41 heavy (non-hydrogen) atoms. The van der Waals surface area contributed by atoms with E-state index in [1.807, 2.05) is 18.2 Å². The van der Waals surface area contributed by atoms with Gasteiger partial charge in [-0.3, -0.25) is 9.52 Å².